The maximum absolute atomic E-state index is 12.3. The standard InChI is InChI=1S/C13H17N3O3S2/c1-2-19-13-4-3-12(5-10(13)6-14)21(17,18)16-8-11-7-15-9-20-11/h3-5,7,9,16H,2,6,8,14H2,1H3. The number of nitrogens with zero attached hydrogens (tertiary/aromatic N) is 1. The second-order valence-corrected chi connectivity index (χ2v) is 6.94. The third-order valence-corrected chi connectivity index (χ3v) is 4.96. The van der Waals surface area contributed by atoms with Crippen LogP contribution in [0.25, 0.3) is 0 Å². The molecular formula is C13H17N3O3S2. The van der Waals surface area contributed by atoms with Gasteiger partial charge in [0.25, 0.3) is 0 Å². The zero-order chi connectivity index (χ0) is 15.3. The molecule has 114 valence electrons. The Bertz CT molecular complexity index is 685. The number of rotatable bonds is 7. The van der Waals surface area contributed by atoms with Gasteiger partial charge in [0.15, 0.2) is 0 Å². The Balaban J connectivity index is 2.19. The summed E-state index contributed by atoms with van der Waals surface area (Å²) in [6.07, 6.45) is 1.64. The quantitative estimate of drug-likeness (QED) is 0.803. The molecule has 2 rings (SSSR count). The molecule has 0 aliphatic rings. The van der Waals surface area contributed by atoms with Gasteiger partial charge in [-0.05, 0) is 25.1 Å². The monoisotopic (exact) mass is 327 g/mol. The average Bonchev–Trinajstić information content (AvgIpc) is 2.99. The van der Waals surface area contributed by atoms with Crippen molar-refractivity contribution < 1.29 is 13.2 Å². The lowest BCUT2D eigenvalue weighted by atomic mass is 10.2. The largest absolute Gasteiger partial charge is 0.494 e. The molecule has 0 spiro atoms. The lowest BCUT2D eigenvalue weighted by Gasteiger charge is -2.11. The van der Waals surface area contributed by atoms with Crippen LogP contribution in [-0.4, -0.2) is 20.0 Å². The number of nitrogens with two attached hydrogens (primary N) is 1. The molecule has 0 aliphatic carbocycles. The summed E-state index contributed by atoms with van der Waals surface area (Å²) in [7, 11) is -3.58. The van der Waals surface area contributed by atoms with E-state index in [0.717, 1.165) is 4.88 Å². The molecule has 1 aromatic heterocycles. The van der Waals surface area contributed by atoms with Crippen molar-refractivity contribution >= 4 is 21.4 Å². The van der Waals surface area contributed by atoms with E-state index in [2.05, 4.69) is 9.71 Å². The fourth-order valence-electron chi connectivity index (χ4n) is 1.76. The number of thiazole rings is 1. The molecule has 2 aromatic rings. The maximum atomic E-state index is 12.3. The molecule has 1 aromatic carbocycles. The van der Waals surface area contributed by atoms with Crippen LogP contribution in [0.15, 0.2) is 34.8 Å². The molecule has 0 bridgehead atoms. The van der Waals surface area contributed by atoms with E-state index in [4.69, 9.17) is 10.5 Å². The van der Waals surface area contributed by atoms with Gasteiger partial charge in [-0.15, -0.1) is 11.3 Å². The molecular weight excluding hydrogens is 310 g/mol. The van der Waals surface area contributed by atoms with E-state index in [1.54, 1.807) is 23.8 Å². The first kappa shape index (κ1) is 15.9. The van der Waals surface area contributed by atoms with Crippen LogP contribution in [0.4, 0.5) is 0 Å². The van der Waals surface area contributed by atoms with Gasteiger partial charge in [-0.2, -0.15) is 0 Å². The molecule has 0 fully saturated rings. The number of benzene rings is 1. The minimum atomic E-state index is -3.58. The van der Waals surface area contributed by atoms with Crippen LogP contribution in [0.3, 0.4) is 0 Å². The van der Waals surface area contributed by atoms with Crippen LogP contribution in [0.1, 0.15) is 17.4 Å². The number of sulfonamides is 1. The molecule has 8 heteroatoms. The minimum Gasteiger partial charge on any atom is -0.494 e. The SMILES string of the molecule is CCOc1ccc(S(=O)(=O)NCc2cncs2)cc1CN. The highest BCUT2D eigenvalue weighted by molar-refractivity contribution is 7.89. The van der Waals surface area contributed by atoms with Gasteiger partial charge >= 0.3 is 0 Å². The first-order valence-electron chi connectivity index (χ1n) is 6.39. The number of nitrogens with one attached hydrogen (secondary N) is 1. The van der Waals surface area contributed by atoms with Crippen molar-refractivity contribution in [2.24, 2.45) is 5.73 Å². The summed E-state index contributed by atoms with van der Waals surface area (Å²) in [6.45, 7) is 2.80. The van der Waals surface area contributed by atoms with Crippen LogP contribution >= 0.6 is 11.3 Å². The van der Waals surface area contributed by atoms with E-state index in [1.165, 1.54) is 17.4 Å². The predicted molar refractivity (Wildman–Crippen MR) is 81.6 cm³/mol. The maximum Gasteiger partial charge on any atom is 0.240 e. The lowest BCUT2D eigenvalue weighted by Crippen LogP contribution is -2.23. The minimum absolute atomic E-state index is 0.177. The van der Waals surface area contributed by atoms with Gasteiger partial charge < -0.3 is 10.5 Å². The first-order chi connectivity index (χ1) is 10.1. The molecule has 0 amide bonds. The van der Waals surface area contributed by atoms with Gasteiger partial charge in [-0.1, -0.05) is 0 Å². The van der Waals surface area contributed by atoms with Crippen LogP contribution in [0, 0.1) is 0 Å². The van der Waals surface area contributed by atoms with Gasteiger partial charge in [0, 0.05) is 29.7 Å². The average molecular weight is 327 g/mol. The summed E-state index contributed by atoms with van der Waals surface area (Å²) in [4.78, 5) is 4.93. The van der Waals surface area contributed by atoms with Crippen molar-refractivity contribution in [1.29, 1.82) is 0 Å². The summed E-state index contributed by atoms with van der Waals surface area (Å²) in [5.74, 6) is 0.612. The van der Waals surface area contributed by atoms with Crippen molar-refractivity contribution in [2.45, 2.75) is 24.9 Å². The van der Waals surface area contributed by atoms with Gasteiger partial charge in [-0.25, -0.2) is 13.1 Å². The van der Waals surface area contributed by atoms with Gasteiger partial charge in [0.05, 0.1) is 17.0 Å². The van der Waals surface area contributed by atoms with E-state index in [1.807, 2.05) is 6.92 Å². The fraction of sp³-hybridized carbons (Fsp3) is 0.308. The molecule has 0 radical (unpaired) electrons. The Labute approximate surface area is 128 Å². The van der Waals surface area contributed by atoms with Gasteiger partial charge in [0.2, 0.25) is 10.0 Å². The van der Waals surface area contributed by atoms with Crippen molar-refractivity contribution in [3.8, 4) is 5.75 Å². The Hall–Kier alpha value is -1.48. The number of ether oxygens (including phenoxy) is 1. The predicted octanol–water partition coefficient (Wildman–Crippen LogP) is 1.48. The molecule has 21 heavy (non-hydrogen) atoms. The molecule has 0 unspecified atom stereocenters. The highest BCUT2D eigenvalue weighted by atomic mass is 32.2. The molecule has 0 saturated heterocycles. The van der Waals surface area contributed by atoms with Gasteiger partial charge in [-0.3, -0.25) is 4.98 Å². The zero-order valence-electron chi connectivity index (χ0n) is 11.6. The third-order valence-electron chi connectivity index (χ3n) is 2.78. The van der Waals surface area contributed by atoms with E-state index >= 15 is 0 Å². The Morgan fingerprint density at radius 2 is 2.24 bits per heavy atom. The number of aromatic nitrogens is 1. The topological polar surface area (TPSA) is 94.3 Å². The molecule has 0 atom stereocenters. The molecule has 1 heterocycles. The molecule has 0 saturated carbocycles. The normalized spacial score (nSPS) is 11.5. The summed E-state index contributed by atoms with van der Waals surface area (Å²) in [6, 6.07) is 4.69. The Morgan fingerprint density at radius 3 is 2.86 bits per heavy atom. The van der Waals surface area contributed by atoms with Crippen LogP contribution < -0.4 is 15.2 Å². The van der Waals surface area contributed by atoms with E-state index < -0.39 is 10.0 Å². The smallest absolute Gasteiger partial charge is 0.240 e. The van der Waals surface area contributed by atoms with Crippen molar-refractivity contribution in [2.75, 3.05) is 6.61 Å². The zero-order valence-corrected chi connectivity index (χ0v) is 13.2. The molecule has 6 nitrogen and oxygen atoms in total. The van der Waals surface area contributed by atoms with Crippen LogP contribution in [-0.2, 0) is 23.1 Å². The highest BCUT2D eigenvalue weighted by Gasteiger charge is 2.16. The van der Waals surface area contributed by atoms with Crippen LogP contribution in [0.5, 0.6) is 5.75 Å². The second kappa shape index (κ2) is 6.99. The summed E-state index contributed by atoms with van der Waals surface area (Å²) < 4.78 is 32.5. The molecule has 0 aliphatic heterocycles. The summed E-state index contributed by atoms with van der Waals surface area (Å²) >= 11 is 1.40. The first-order valence-corrected chi connectivity index (χ1v) is 8.76. The van der Waals surface area contributed by atoms with Crippen molar-refractivity contribution in [3.63, 3.8) is 0 Å². The lowest BCUT2D eigenvalue weighted by molar-refractivity contribution is 0.336. The van der Waals surface area contributed by atoms with Crippen molar-refractivity contribution in [3.05, 3.63) is 40.3 Å². The van der Waals surface area contributed by atoms with E-state index in [0.29, 0.717) is 17.9 Å². The van der Waals surface area contributed by atoms with E-state index in [9.17, 15) is 8.42 Å². The van der Waals surface area contributed by atoms with Crippen molar-refractivity contribution in [1.82, 2.24) is 9.71 Å². The Morgan fingerprint density at radius 1 is 1.43 bits per heavy atom. The number of hydrogen-bond acceptors (Lipinski definition) is 6. The van der Waals surface area contributed by atoms with Gasteiger partial charge in [0.1, 0.15) is 5.75 Å². The van der Waals surface area contributed by atoms with Crippen LogP contribution in [0.2, 0.25) is 0 Å². The fourth-order valence-corrected chi connectivity index (χ4v) is 3.44. The highest BCUT2D eigenvalue weighted by Crippen LogP contribution is 2.22. The number of hydrogen-bond donors (Lipinski definition) is 2. The molecule has 3 N–H and O–H groups in total. The summed E-state index contributed by atoms with van der Waals surface area (Å²) in [5, 5.41) is 0. The third kappa shape index (κ3) is 4.01. The van der Waals surface area contributed by atoms with E-state index in [-0.39, 0.29) is 18.0 Å². The summed E-state index contributed by atoms with van der Waals surface area (Å²) in [5.41, 5.74) is 7.97. The Kier molecular flexibility index (Phi) is 5.29. The second-order valence-electron chi connectivity index (χ2n) is 4.20.